The zero-order chi connectivity index (χ0) is 27.2. The van der Waals surface area contributed by atoms with Gasteiger partial charge < -0.3 is 9.47 Å². The van der Waals surface area contributed by atoms with E-state index in [0.717, 1.165) is 55.9 Å². The number of benzene rings is 2. The Balaban J connectivity index is 1.31. The number of carbonyl (C=O) groups excluding carboxylic acids is 1. The first kappa shape index (κ1) is 27.3. The molecule has 8 heteroatoms. The molecule has 1 aliphatic carbocycles. The van der Waals surface area contributed by atoms with E-state index in [0.29, 0.717) is 24.0 Å². The van der Waals surface area contributed by atoms with Gasteiger partial charge in [-0.1, -0.05) is 30.7 Å². The molecular formula is C30H35ClF3NO3. The Hall–Kier alpha value is -2.25. The van der Waals surface area contributed by atoms with E-state index in [-0.39, 0.29) is 29.0 Å². The molecule has 1 saturated carbocycles. The molecule has 2 aliphatic heterocycles. The molecule has 0 N–H and O–H groups in total. The van der Waals surface area contributed by atoms with Crippen molar-refractivity contribution in [2.75, 3.05) is 20.2 Å². The van der Waals surface area contributed by atoms with Gasteiger partial charge in [-0.05, 0) is 98.2 Å². The molecule has 1 saturated heterocycles. The largest absolute Gasteiger partial charge is 0.487 e. The number of hydrogen-bond acceptors (Lipinski definition) is 4. The van der Waals surface area contributed by atoms with E-state index >= 15 is 0 Å². The highest BCUT2D eigenvalue weighted by atomic mass is 35.5. The molecule has 2 aromatic carbocycles. The van der Waals surface area contributed by atoms with Crippen molar-refractivity contribution < 1.29 is 27.4 Å². The van der Waals surface area contributed by atoms with Gasteiger partial charge in [0, 0.05) is 24.2 Å². The van der Waals surface area contributed by atoms with E-state index in [1.807, 2.05) is 13.8 Å². The summed E-state index contributed by atoms with van der Waals surface area (Å²) in [5.41, 5.74) is 1.55. The molecule has 0 bridgehead atoms. The van der Waals surface area contributed by atoms with Crippen molar-refractivity contribution in [3.05, 3.63) is 63.7 Å². The summed E-state index contributed by atoms with van der Waals surface area (Å²) < 4.78 is 52.8. The Morgan fingerprint density at radius 3 is 2.45 bits per heavy atom. The molecule has 3 aliphatic rings. The van der Waals surface area contributed by atoms with Crippen molar-refractivity contribution in [2.24, 2.45) is 11.8 Å². The van der Waals surface area contributed by atoms with Crippen molar-refractivity contribution >= 4 is 17.6 Å². The Labute approximate surface area is 227 Å². The van der Waals surface area contributed by atoms with E-state index in [1.54, 1.807) is 0 Å². The van der Waals surface area contributed by atoms with Crippen LogP contribution in [-0.4, -0.2) is 36.7 Å². The number of likely N-dealkylation sites (tertiary alicyclic amines) is 1. The zero-order valence-electron chi connectivity index (χ0n) is 22.1. The van der Waals surface area contributed by atoms with Gasteiger partial charge in [-0.2, -0.15) is 13.2 Å². The summed E-state index contributed by atoms with van der Waals surface area (Å²) in [7, 11) is 1.44. The lowest BCUT2D eigenvalue weighted by atomic mass is 9.80. The fourth-order valence-electron chi connectivity index (χ4n) is 6.49. The van der Waals surface area contributed by atoms with Crippen LogP contribution in [0.5, 0.6) is 5.75 Å². The number of alkyl halides is 3. The normalized spacial score (nSPS) is 21.8. The lowest BCUT2D eigenvalue weighted by Gasteiger charge is -2.46. The third-order valence-corrected chi connectivity index (χ3v) is 9.16. The first-order valence-corrected chi connectivity index (χ1v) is 13.9. The lowest BCUT2D eigenvalue weighted by Crippen LogP contribution is -2.50. The number of aryl methyl sites for hydroxylation is 1. The molecule has 2 fully saturated rings. The fourth-order valence-corrected chi connectivity index (χ4v) is 6.67. The highest BCUT2D eigenvalue weighted by molar-refractivity contribution is 6.30. The van der Waals surface area contributed by atoms with Crippen LogP contribution < -0.4 is 4.74 Å². The predicted octanol–water partition coefficient (Wildman–Crippen LogP) is 7.58. The molecule has 0 amide bonds. The minimum Gasteiger partial charge on any atom is -0.487 e. The minimum absolute atomic E-state index is 0.109. The molecule has 4 nitrogen and oxygen atoms in total. The van der Waals surface area contributed by atoms with E-state index in [1.165, 1.54) is 24.8 Å². The Morgan fingerprint density at radius 1 is 1.11 bits per heavy atom. The maximum Gasteiger partial charge on any atom is 0.416 e. The first-order chi connectivity index (χ1) is 18.0. The number of rotatable bonds is 6. The van der Waals surface area contributed by atoms with E-state index in [9.17, 15) is 18.0 Å². The van der Waals surface area contributed by atoms with Crippen molar-refractivity contribution in [1.82, 2.24) is 4.90 Å². The highest BCUT2D eigenvalue weighted by Gasteiger charge is 2.43. The monoisotopic (exact) mass is 549 g/mol. The number of esters is 1. The van der Waals surface area contributed by atoms with Gasteiger partial charge in [-0.3, -0.25) is 9.69 Å². The predicted molar refractivity (Wildman–Crippen MR) is 140 cm³/mol. The summed E-state index contributed by atoms with van der Waals surface area (Å²) in [5, 5.41) is 0.308. The number of ether oxygens (including phenoxy) is 2. The Kier molecular flexibility index (Phi) is 7.46. The van der Waals surface area contributed by atoms with E-state index in [4.69, 9.17) is 21.1 Å². The molecular weight excluding hydrogens is 515 g/mol. The average molecular weight is 550 g/mol. The maximum atomic E-state index is 13.7. The Morgan fingerprint density at radius 2 is 1.82 bits per heavy atom. The number of piperidine rings is 1. The number of nitrogens with zero attached hydrogens (tertiary/aromatic N) is 1. The van der Waals surface area contributed by atoms with Crippen LogP contribution in [0, 0.1) is 11.8 Å². The number of fused-ring (bicyclic) bond motifs is 1. The molecule has 5 rings (SSSR count). The molecule has 1 spiro atoms. The summed E-state index contributed by atoms with van der Waals surface area (Å²) in [6, 6.07) is 9.79. The molecule has 0 radical (unpaired) electrons. The van der Waals surface area contributed by atoms with Crippen LogP contribution in [0.4, 0.5) is 13.2 Å². The first-order valence-electron chi connectivity index (χ1n) is 13.5. The van der Waals surface area contributed by atoms with Crippen LogP contribution in [0.15, 0.2) is 36.4 Å². The SMILES string of the molecule is COC(=O)C(C)C(c1ccc2c(c1)OC1(CC2)CCN(C(C)c2cc(Cl)ccc2C(F)(F)F)CC1)C1CC1. The van der Waals surface area contributed by atoms with Gasteiger partial charge >= 0.3 is 12.1 Å². The number of hydrogen-bond donors (Lipinski definition) is 0. The number of methoxy groups -OCH3 is 1. The van der Waals surface area contributed by atoms with Crippen molar-refractivity contribution in [1.29, 1.82) is 0 Å². The molecule has 206 valence electrons. The topological polar surface area (TPSA) is 38.8 Å². The van der Waals surface area contributed by atoms with Crippen molar-refractivity contribution in [3.8, 4) is 5.75 Å². The van der Waals surface area contributed by atoms with Gasteiger partial charge in [-0.25, -0.2) is 0 Å². The molecule has 38 heavy (non-hydrogen) atoms. The fraction of sp³-hybridized carbons (Fsp3) is 0.567. The maximum absolute atomic E-state index is 13.7. The van der Waals surface area contributed by atoms with E-state index in [2.05, 4.69) is 23.1 Å². The summed E-state index contributed by atoms with van der Waals surface area (Å²) in [4.78, 5) is 14.4. The molecule has 2 aromatic rings. The smallest absolute Gasteiger partial charge is 0.416 e. The standard InChI is InChI=1S/C30H35ClF3NO3/c1-18(28(36)37-3)27(21-5-6-21)22-7-4-20-10-11-29(38-26(20)16-22)12-14-35(15-13-29)19(2)24-17-23(31)8-9-25(24)30(32,33)34/h4,7-9,16-19,21,27H,5-6,10-15H2,1-3H3. The van der Waals surface area contributed by atoms with Gasteiger partial charge in [0.05, 0.1) is 18.6 Å². The van der Waals surface area contributed by atoms with Gasteiger partial charge in [0.15, 0.2) is 0 Å². The summed E-state index contributed by atoms with van der Waals surface area (Å²) in [6.45, 7) is 5.05. The second-order valence-electron chi connectivity index (χ2n) is 11.3. The Bertz CT molecular complexity index is 1190. The molecule has 3 atom stereocenters. The second kappa shape index (κ2) is 10.4. The lowest BCUT2D eigenvalue weighted by molar-refractivity contribution is -0.145. The van der Waals surface area contributed by atoms with Crippen LogP contribution in [0.2, 0.25) is 5.02 Å². The summed E-state index contributed by atoms with van der Waals surface area (Å²) in [5.74, 6) is 1.06. The molecule has 0 aromatic heterocycles. The highest BCUT2D eigenvalue weighted by Crippen LogP contribution is 2.49. The molecule has 2 heterocycles. The van der Waals surface area contributed by atoms with Crippen LogP contribution >= 0.6 is 11.6 Å². The number of halogens is 4. The van der Waals surface area contributed by atoms with Gasteiger partial charge in [-0.15, -0.1) is 0 Å². The van der Waals surface area contributed by atoms with Crippen LogP contribution in [-0.2, 0) is 22.1 Å². The second-order valence-corrected chi connectivity index (χ2v) is 11.7. The third-order valence-electron chi connectivity index (χ3n) is 8.92. The quantitative estimate of drug-likeness (QED) is 0.348. The summed E-state index contributed by atoms with van der Waals surface area (Å²) >= 11 is 6.09. The minimum atomic E-state index is -4.43. The van der Waals surface area contributed by atoms with Gasteiger partial charge in [0.2, 0.25) is 0 Å². The van der Waals surface area contributed by atoms with Crippen LogP contribution in [0.1, 0.15) is 80.2 Å². The molecule has 3 unspecified atom stereocenters. The van der Waals surface area contributed by atoms with Gasteiger partial charge in [0.1, 0.15) is 11.4 Å². The third kappa shape index (κ3) is 5.42. The summed E-state index contributed by atoms with van der Waals surface area (Å²) in [6.07, 6.45) is 1.08. The van der Waals surface area contributed by atoms with E-state index < -0.39 is 17.8 Å². The zero-order valence-corrected chi connectivity index (χ0v) is 22.9. The number of carbonyl (C=O) groups is 1. The van der Waals surface area contributed by atoms with Crippen LogP contribution in [0.3, 0.4) is 0 Å². The van der Waals surface area contributed by atoms with Crippen molar-refractivity contribution in [2.45, 2.75) is 76.1 Å². The van der Waals surface area contributed by atoms with Crippen molar-refractivity contribution in [3.63, 3.8) is 0 Å². The van der Waals surface area contributed by atoms with Gasteiger partial charge in [0.25, 0.3) is 0 Å². The van der Waals surface area contributed by atoms with Crippen LogP contribution in [0.25, 0.3) is 0 Å². The average Bonchev–Trinajstić information content (AvgIpc) is 3.72.